The van der Waals surface area contributed by atoms with Gasteiger partial charge in [0, 0.05) is 29.3 Å². The number of rotatable bonds is 0. The van der Waals surface area contributed by atoms with Gasteiger partial charge < -0.3 is 15.6 Å². The van der Waals surface area contributed by atoms with Crippen LogP contribution in [0.1, 0.15) is 39.2 Å². The van der Waals surface area contributed by atoms with Gasteiger partial charge in [-0.1, -0.05) is 6.92 Å². The summed E-state index contributed by atoms with van der Waals surface area (Å²) in [7, 11) is 0. The summed E-state index contributed by atoms with van der Waals surface area (Å²) in [6.07, 6.45) is 1.65. The van der Waals surface area contributed by atoms with Gasteiger partial charge in [0.2, 0.25) is 0 Å². The lowest BCUT2D eigenvalue weighted by molar-refractivity contribution is -0.117. The molecule has 3 N–H and O–H groups in total. The lowest BCUT2D eigenvalue weighted by atomic mass is 9.73. The number of nitrogen functional groups attached to an aromatic ring is 1. The van der Waals surface area contributed by atoms with Gasteiger partial charge in [0.1, 0.15) is 17.1 Å². The molecule has 2 aliphatic rings. The van der Waals surface area contributed by atoms with Crippen LogP contribution in [0.3, 0.4) is 0 Å². The summed E-state index contributed by atoms with van der Waals surface area (Å²) in [5.74, 6) is 0.579. The van der Waals surface area contributed by atoms with Gasteiger partial charge in [-0.05, 0) is 32.3 Å². The van der Waals surface area contributed by atoms with Gasteiger partial charge in [-0.2, -0.15) is 0 Å². The van der Waals surface area contributed by atoms with Crippen LogP contribution in [-0.2, 0) is 4.79 Å². The van der Waals surface area contributed by atoms with Crippen LogP contribution in [0.2, 0.25) is 0 Å². The van der Waals surface area contributed by atoms with E-state index in [-0.39, 0.29) is 17.5 Å². The highest BCUT2D eigenvalue weighted by atomic mass is 16.5. The van der Waals surface area contributed by atoms with Crippen molar-refractivity contribution in [2.45, 2.75) is 39.2 Å². The van der Waals surface area contributed by atoms with E-state index in [9.17, 15) is 9.90 Å². The molecule has 1 atom stereocenters. The lowest BCUT2D eigenvalue weighted by Crippen LogP contribution is -2.39. The van der Waals surface area contributed by atoms with E-state index in [0.29, 0.717) is 22.6 Å². The van der Waals surface area contributed by atoms with Crippen LogP contribution in [-0.4, -0.2) is 16.5 Å². The predicted octanol–water partition coefficient (Wildman–Crippen LogP) is 2.90. The van der Waals surface area contributed by atoms with Crippen molar-refractivity contribution in [3.63, 3.8) is 0 Å². The number of carbonyl (C=O) groups excluding carboxylic acids is 1. The zero-order valence-corrected chi connectivity index (χ0v) is 12.0. The zero-order valence-electron chi connectivity index (χ0n) is 12.0. The first-order chi connectivity index (χ1) is 9.31. The molecule has 1 aromatic rings. The molecule has 0 bridgehead atoms. The Hall–Kier alpha value is -1.97. The van der Waals surface area contributed by atoms with E-state index < -0.39 is 5.60 Å². The number of phenolic OH excluding ortho intramolecular Hbond substituents is 1. The van der Waals surface area contributed by atoms with Crippen LogP contribution >= 0.6 is 0 Å². The van der Waals surface area contributed by atoms with Crippen LogP contribution in [0, 0.1) is 5.92 Å². The number of benzene rings is 1. The van der Waals surface area contributed by atoms with Crippen molar-refractivity contribution in [2.75, 3.05) is 5.73 Å². The van der Waals surface area contributed by atoms with Crippen LogP contribution < -0.4 is 10.5 Å². The quantitative estimate of drug-likeness (QED) is 0.713. The van der Waals surface area contributed by atoms with Crippen molar-refractivity contribution in [1.82, 2.24) is 0 Å². The second kappa shape index (κ2) is 4.01. The average Bonchev–Trinajstić information content (AvgIpc) is 2.32. The zero-order chi connectivity index (χ0) is 14.7. The van der Waals surface area contributed by atoms with E-state index in [1.54, 1.807) is 6.07 Å². The number of aromatic hydroxyl groups is 1. The molecule has 4 nitrogen and oxygen atoms in total. The molecule has 4 heteroatoms. The highest BCUT2D eigenvalue weighted by Gasteiger charge is 2.42. The SMILES string of the molecule is CC1CCC2=C(C1=O)c1c(O)cc(N)cc1OC2(C)C. The molecule has 3 rings (SSSR count). The van der Waals surface area contributed by atoms with E-state index in [4.69, 9.17) is 10.5 Å². The number of carbonyl (C=O) groups is 1. The second-order valence-corrected chi connectivity index (χ2v) is 6.18. The molecular formula is C16H19NO3. The molecule has 20 heavy (non-hydrogen) atoms. The van der Waals surface area contributed by atoms with Gasteiger partial charge >= 0.3 is 0 Å². The van der Waals surface area contributed by atoms with Crippen LogP contribution in [0.4, 0.5) is 5.69 Å². The summed E-state index contributed by atoms with van der Waals surface area (Å²) in [5.41, 5.74) is 7.76. The molecule has 106 valence electrons. The van der Waals surface area contributed by atoms with Gasteiger partial charge in [-0.25, -0.2) is 0 Å². The highest BCUT2D eigenvalue weighted by Crippen LogP contribution is 2.50. The van der Waals surface area contributed by atoms with Crippen LogP contribution in [0.5, 0.6) is 11.5 Å². The third kappa shape index (κ3) is 1.71. The van der Waals surface area contributed by atoms with E-state index in [2.05, 4.69) is 0 Å². The summed E-state index contributed by atoms with van der Waals surface area (Å²) in [4.78, 5) is 12.6. The number of allylic oxidation sites excluding steroid dienone is 1. The molecule has 0 fully saturated rings. The van der Waals surface area contributed by atoms with Crippen molar-refractivity contribution < 1.29 is 14.6 Å². The van der Waals surface area contributed by atoms with E-state index in [1.807, 2.05) is 20.8 Å². The van der Waals surface area contributed by atoms with Gasteiger partial charge in [-0.15, -0.1) is 0 Å². The number of fused-ring (bicyclic) bond motifs is 2. The Morgan fingerprint density at radius 2 is 2.10 bits per heavy atom. The van der Waals surface area contributed by atoms with Crippen molar-refractivity contribution in [2.24, 2.45) is 5.92 Å². The smallest absolute Gasteiger partial charge is 0.166 e. The first-order valence-electron chi connectivity index (χ1n) is 6.91. The third-order valence-electron chi connectivity index (χ3n) is 4.27. The van der Waals surface area contributed by atoms with Gasteiger partial charge in [0.05, 0.1) is 5.56 Å². The molecule has 0 spiro atoms. The highest BCUT2D eigenvalue weighted by molar-refractivity contribution is 6.25. The molecule has 1 heterocycles. The number of hydrogen-bond acceptors (Lipinski definition) is 4. The minimum atomic E-state index is -0.543. The van der Waals surface area contributed by atoms with Crippen molar-refractivity contribution >= 4 is 17.0 Å². The fourth-order valence-electron chi connectivity index (χ4n) is 3.18. The number of nitrogens with two attached hydrogens (primary N) is 1. The van der Waals surface area contributed by atoms with Crippen molar-refractivity contribution in [3.05, 3.63) is 23.3 Å². The minimum Gasteiger partial charge on any atom is -0.507 e. The maximum atomic E-state index is 12.6. The number of ether oxygens (including phenoxy) is 1. The molecule has 0 saturated carbocycles. The Bertz CT molecular complexity index is 643. The molecule has 0 radical (unpaired) electrons. The summed E-state index contributed by atoms with van der Waals surface area (Å²) in [6, 6.07) is 3.14. The summed E-state index contributed by atoms with van der Waals surface area (Å²) >= 11 is 0. The lowest BCUT2D eigenvalue weighted by Gasteiger charge is -2.40. The summed E-state index contributed by atoms with van der Waals surface area (Å²) in [6.45, 7) is 5.84. The molecule has 1 aliphatic heterocycles. The topological polar surface area (TPSA) is 72.5 Å². The summed E-state index contributed by atoms with van der Waals surface area (Å²) < 4.78 is 5.98. The molecular weight excluding hydrogens is 254 g/mol. The Kier molecular flexibility index (Phi) is 2.61. The third-order valence-corrected chi connectivity index (χ3v) is 4.27. The van der Waals surface area contributed by atoms with Crippen molar-refractivity contribution in [1.29, 1.82) is 0 Å². The maximum absolute atomic E-state index is 12.6. The normalized spacial score (nSPS) is 23.9. The van der Waals surface area contributed by atoms with Gasteiger partial charge in [-0.3, -0.25) is 4.79 Å². The maximum Gasteiger partial charge on any atom is 0.166 e. The monoisotopic (exact) mass is 273 g/mol. The molecule has 1 aromatic carbocycles. The van der Waals surface area contributed by atoms with Gasteiger partial charge in [0.25, 0.3) is 0 Å². The molecule has 0 aromatic heterocycles. The Balaban J connectivity index is 2.32. The van der Waals surface area contributed by atoms with Crippen LogP contribution in [0.25, 0.3) is 5.57 Å². The standard InChI is InChI=1S/C16H19NO3/c1-8-4-5-10-13(15(8)19)14-11(18)6-9(17)7-12(14)20-16(10,2)3/h6-8,18H,4-5,17H2,1-3H3. The molecule has 1 unspecified atom stereocenters. The average molecular weight is 273 g/mol. The van der Waals surface area contributed by atoms with E-state index in [1.165, 1.54) is 6.07 Å². The van der Waals surface area contributed by atoms with Gasteiger partial charge in [0.15, 0.2) is 5.78 Å². The number of hydrogen-bond donors (Lipinski definition) is 2. The first kappa shape index (κ1) is 13.0. The predicted molar refractivity (Wildman–Crippen MR) is 77.6 cm³/mol. The molecule has 0 amide bonds. The second-order valence-electron chi connectivity index (χ2n) is 6.18. The molecule has 0 saturated heterocycles. The number of phenols is 1. The van der Waals surface area contributed by atoms with Crippen LogP contribution in [0.15, 0.2) is 17.7 Å². The van der Waals surface area contributed by atoms with E-state index in [0.717, 1.165) is 18.4 Å². The Morgan fingerprint density at radius 3 is 2.80 bits per heavy atom. The van der Waals surface area contributed by atoms with Crippen molar-refractivity contribution in [3.8, 4) is 11.5 Å². The first-order valence-corrected chi connectivity index (χ1v) is 6.91. The summed E-state index contributed by atoms with van der Waals surface area (Å²) in [5, 5.41) is 10.2. The minimum absolute atomic E-state index is 0.0189. The number of anilines is 1. The Labute approximate surface area is 118 Å². The fourth-order valence-corrected chi connectivity index (χ4v) is 3.18. The van der Waals surface area contributed by atoms with E-state index >= 15 is 0 Å². The Morgan fingerprint density at radius 1 is 1.40 bits per heavy atom. The number of Topliss-reactive ketones (excluding diaryl/α,β-unsaturated/α-hetero) is 1. The number of ketones is 1. The molecule has 1 aliphatic carbocycles. The fraction of sp³-hybridized carbons (Fsp3) is 0.438. The largest absolute Gasteiger partial charge is 0.507 e.